The Kier molecular flexibility index (Phi) is 3.39. The van der Waals surface area contributed by atoms with Crippen molar-refractivity contribution in [1.82, 2.24) is 0 Å². The SMILES string of the molecule is CN(C)c1ccc(NC2=Nc3cc(N)ccc3OC2)cc1. The Hall–Kier alpha value is -2.69. The van der Waals surface area contributed by atoms with E-state index in [9.17, 15) is 0 Å². The molecule has 5 nitrogen and oxygen atoms in total. The summed E-state index contributed by atoms with van der Waals surface area (Å²) in [7, 11) is 4.03. The van der Waals surface area contributed by atoms with E-state index in [-0.39, 0.29) is 0 Å². The summed E-state index contributed by atoms with van der Waals surface area (Å²) < 4.78 is 5.67. The maximum atomic E-state index is 5.77. The van der Waals surface area contributed by atoms with Crippen molar-refractivity contribution >= 4 is 28.6 Å². The van der Waals surface area contributed by atoms with Crippen LogP contribution in [0.2, 0.25) is 0 Å². The van der Waals surface area contributed by atoms with E-state index < -0.39 is 0 Å². The molecule has 0 radical (unpaired) electrons. The van der Waals surface area contributed by atoms with Crippen LogP contribution in [0.4, 0.5) is 22.7 Å². The van der Waals surface area contributed by atoms with Crippen molar-refractivity contribution in [2.24, 2.45) is 4.99 Å². The van der Waals surface area contributed by atoms with Gasteiger partial charge in [0.25, 0.3) is 0 Å². The molecular weight excluding hydrogens is 264 g/mol. The van der Waals surface area contributed by atoms with Crippen molar-refractivity contribution in [3.8, 4) is 5.75 Å². The molecule has 3 N–H and O–H groups in total. The Balaban J connectivity index is 1.79. The smallest absolute Gasteiger partial charge is 0.146 e. The van der Waals surface area contributed by atoms with E-state index in [0.29, 0.717) is 12.3 Å². The molecule has 0 saturated carbocycles. The van der Waals surface area contributed by atoms with Crippen molar-refractivity contribution in [2.45, 2.75) is 0 Å². The number of nitrogens with zero attached hydrogens (tertiary/aromatic N) is 2. The standard InChI is InChI=1S/C16H18N4O/c1-20(2)13-6-4-12(5-7-13)18-16-10-21-15-8-3-11(17)9-14(15)19-16/h3-9H,10,17H2,1-2H3,(H,18,19). The van der Waals surface area contributed by atoms with Gasteiger partial charge in [-0.2, -0.15) is 0 Å². The van der Waals surface area contributed by atoms with Gasteiger partial charge in [0.15, 0.2) is 0 Å². The van der Waals surface area contributed by atoms with Crippen molar-refractivity contribution in [2.75, 3.05) is 36.7 Å². The Morgan fingerprint density at radius 2 is 1.90 bits per heavy atom. The molecule has 0 fully saturated rings. The minimum absolute atomic E-state index is 0.423. The highest BCUT2D eigenvalue weighted by Crippen LogP contribution is 2.32. The van der Waals surface area contributed by atoms with Crippen LogP contribution in [0, 0.1) is 0 Å². The van der Waals surface area contributed by atoms with Gasteiger partial charge in [-0.1, -0.05) is 0 Å². The van der Waals surface area contributed by atoms with Gasteiger partial charge in [0, 0.05) is 31.2 Å². The van der Waals surface area contributed by atoms with Gasteiger partial charge in [-0.3, -0.25) is 0 Å². The van der Waals surface area contributed by atoms with E-state index in [0.717, 1.165) is 28.6 Å². The predicted octanol–water partition coefficient (Wildman–Crippen LogP) is 2.87. The number of nitrogens with one attached hydrogen (secondary N) is 1. The van der Waals surface area contributed by atoms with Gasteiger partial charge in [-0.05, 0) is 42.5 Å². The lowest BCUT2D eigenvalue weighted by Crippen LogP contribution is -2.23. The van der Waals surface area contributed by atoms with Crippen LogP contribution in [0.25, 0.3) is 0 Å². The number of anilines is 3. The molecule has 1 aliphatic rings. The second kappa shape index (κ2) is 5.36. The first-order valence-corrected chi connectivity index (χ1v) is 6.76. The third-order valence-corrected chi connectivity index (χ3v) is 3.28. The molecule has 1 heterocycles. The van der Waals surface area contributed by atoms with E-state index in [1.54, 1.807) is 0 Å². The highest BCUT2D eigenvalue weighted by molar-refractivity contribution is 5.99. The van der Waals surface area contributed by atoms with Crippen LogP contribution >= 0.6 is 0 Å². The molecule has 2 aromatic carbocycles. The van der Waals surface area contributed by atoms with Crippen molar-refractivity contribution in [3.05, 3.63) is 42.5 Å². The van der Waals surface area contributed by atoms with E-state index in [2.05, 4.69) is 27.3 Å². The number of nitrogens with two attached hydrogens (primary N) is 1. The predicted molar refractivity (Wildman–Crippen MR) is 87.8 cm³/mol. The van der Waals surface area contributed by atoms with Gasteiger partial charge in [0.1, 0.15) is 23.9 Å². The third kappa shape index (κ3) is 2.91. The summed E-state index contributed by atoms with van der Waals surface area (Å²) in [6.45, 7) is 0.423. The van der Waals surface area contributed by atoms with Gasteiger partial charge in [-0.15, -0.1) is 0 Å². The number of ether oxygens (including phenoxy) is 1. The lowest BCUT2D eigenvalue weighted by Gasteiger charge is -2.19. The zero-order valence-corrected chi connectivity index (χ0v) is 12.1. The van der Waals surface area contributed by atoms with Gasteiger partial charge in [0.2, 0.25) is 0 Å². The molecule has 0 atom stereocenters. The van der Waals surface area contributed by atoms with Crippen molar-refractivity contribution in [1.29, 1.82) is 0 Å². The summed E-state index contributed by atoms with van der Waals surface area (Å²) >= 11 is 0. The largest absolute Gasteiger partial charge is 0.483 e. The highest BCUT2D eigenvalue weighted by atomic mass is 16.5. The fraction of sp³-hybridized carbons (Fsp3) is 0.188. The number of fused-ring (bicyclic) bond motifs is 1. The quantitative estimate of drug-likeness (QED) is 0.831. The summed E-state index contributed by atoms with van der Waals surface area (Å²) in [6.07, 6.45) is 0. The van der Waals surface area contributed by atoms with E-state index in [1.807, 2.05) is 44.4 Å². The molecular formula is C16H18N4O. The molecule has 0 spiro atoms. The van der Waals surface area contributed by atoms with Crippen LogP contribution < -0.4 is 20.7 Å². The number of hydrogen-bond acceptors (Lipinski definition) is 5. The fourth-order valence-corrected chi connectivity index (χ4v) is 2.14. The normalized spacial score (nSPS) is 13.0. The topological polar surface area (TPSA) is 62.9 Å². The van der Waals surface area contributed by atoms with Crippen LogP contribution in [-0.2, 0) is 0 Å². The molecule has 0 bridgehead atoms. The molecule has 108 valence electrons. The molecule has 0 saturated heterocycles. The maximum Gasteiger partial charge on any atom is 0.146 e. The lowest BCUT2D eigenvalue weighted by atomic mass is 10.2. The van der Waals surface area contributed by atoms with Crippen molar-refractivity contribution in [3.63, 3.8) is 0 Å². The molecule has 1 aliphatic heterocycles. The molecule has 0 aromatic heterocycles. The molecule has 0 unspecified atom stereocenters. The van der Waals surface area contributed by atoms with Gasteiger partial charge >= 0.3 is 0 Å². The lowest BCUT2D eigenvalue weighted by molar-refractivity contribution is 0.372. The molecule has 21 heavy (non-hydrogen) atoms. The van der Waals surface area contributed by atoms with E-state index in [4.69, 9.17) is 10.5 Å². The van der Waals surface area contributed by atoms with Crippen LogP contribution in [0.1, 0.15) is 0 Å². The summed E-state index contributed by atoms with van der Waals surface area (Å²) in [4.78, 5) is 6.61. The first-order valence-electron chi connectivity index (χ1n) is 6.76. The van der Waals surface area contributed by atoms with Gasteiger partial charge < -0.3 is 20.7 Å². The number of hydrogen-bond donors (Lipinski definition) is 2. The second-order valence-corrected chi connectivity index (χ2v) is 5.14. The monoisotopic (exact) mass is 282 g/mol. The summed E-state index contributed by atoms with van der Waals surface area (Å²) in [5.74, 6) is 1.53. The third-order valence-electron chi connectivity index (χ3n) is 3.28. The molecule has 5 heteroatoms. The summed E-state index contributed by atoms with van der Waals surface area (Å²) in [6, 6.07) is 13.6. The Bertz CT molecular complexity index is 677. The summed E-state index contributed by atoms with van der Waals surface area (Å²) in [5.41, 5.74) is 9.35. The number of rotatable bonds is 2. The van der Waals surface area contributed by atoms with Gasteiger partial charge in [0.05, 0.1) is 0 Å². The number of aliphatic imine (C=N–C) groups is 1. The number of nitrogen functional groups attached to an aromatic ring is 1. The zero-order chi connectivity index (χ0) is 14.8. The fourth-order valence-electron chi connectivity index (χ4n) is 2.14. The van der Waals surface area contributed by atoms with E-state index >= 15 is 0 Å². The molecule has 0 aliphatic carbocycles. The maximum absolute atomic E-state index is 5.77. The average molecular weight is 282 g/mol. The van der Waals surface area contributed by atoms with Gasteiger partial charge in [-0.25, -0.2) is 4.99 Å². The molecule has 0 amide bonds. The average Bonchev–Trinajstić information content (AvgIpc) is 2.47. The van der Waals surface area contributed by atoms with Crippen LogP contribution in [-0.4, -0.2) is 26.5 Å². The van der Waals surface area contributed by atoms with Crippen molar-refractivity contribution < 1.29 is 4.74 Å². The first-order chi connectivity index (χ1) is 10.1. The molecule has 3 rings (SSSR count). The summed E-state index contributed by atoms with van der Waals surface area (Å²) in [5, 5.41) is 3.27. The zero-order valence-electron chi connectivity index (χ0n) is 12.1. The second-order valence-electron chi connectivity index (χ2n) is 5.14. The Labute approximate surface area is 124 Å². The van der Waals surface area contributed by atoms with E-state index in [1.165, 1.54) is 0 Å². The Morgan fingerprint density at radius 1 is 1.14 bits per heavy atom. The van der Waals surface area contributed by atoms with Crippen LogP contribution in [0.3, 0.4) is 0 Å². The number of benzene rings is 2. The van der Waals surface area contributed by atoms with Crippen LogP contribution in [0.5, 0.6) is 5.75 Å². The Morgan fingerprint density at radius 3 is 2.62 bits per heavy atom. The van der Waals surface area contributed by atoms with Crippen LogP contribution in [0.15, 0.2) is 47.5 Å². The first kappa shape index (κ1) is 13.3. The number of amidine groups is 1. The highest BCUT2D eigenvalue weighted by Gasteiger charge is 2.13. The molecule has 2 aromatic rings. The minimum Gasteiger partial charge on any atom is -0.483 e. The minimum atomic E-state index is 0.423.